The number of para-hydroxylation sites is 1. The summed E-state index contributed by atoms with van der Waals surface area (Å²) in [6, 6.07) is 12.6. The van der Waals surface area contributed by atoms with Crippen LogP contribution < -0.4 is 15.8 Å². The highest BCUT2D eigenvalue weighted by Gasteiger charge is 2.27. The van der Waals surface area contributed by atoms with E-state index in [0.717, 1.165) is 4.88 Å². The van der Waals surface area contributed by atoms with E-state index in [2.05, 4.69) is 10.4 Å². The Bertz CT molecular complexity index is 1170. The van der Waals surface area contributed by atoms with Crippen LogP contribution in [0.4, 0.5) is 5.69 Å². The minimum absolute atomic E-state index is 0.0227. The lowest BCUT2D eigenvalue weighted by atomic mass is 10.1. The molecule has 1 N–H and O–H groups in total. The Balaban J connectivity index is 1.41. The number of nitrogens with one attached hydrogen (secondary N) is 1. The van der Waals surface area contributed by atoms with Gasteiger partial charge >= 0.3 is 0 Å². The summed E-state index contributed by atoms with van der Waals surface area (Å²) in [6.45, 7) is 3.51. The number of carbonyl (C=O) groups excluding carboxylic acids is 2. The van der Waals surface area contributed by atoms with Crippen LogP contribution in [-0.2, 0) is 9.59 Å². The van der Waals surface area contributed by atoms with Gasteiger partial charge in [-0.15, -0.1) is 11.3 Å². The predicted molar refractivity (Wildman–Crippen MR) is 129 cm³/mol. The Morgan fingerprint density at radius 3 is 2.48 bits per heavy atom. The lowest BCUT2D eigenvalue weighted by Gasteiger charge is -2.36. The third kappa shape index (κ3) is 5.26. The summed E-state index contributed by atoms with van der Waals surface area (Å²) in [5, 5.41) is 9.20. The molecule has 172 valence electrons. The summed E-state index contributed by atoms with van der Waals surface area (Å²) in [7, 11) is 0. The molecule has 0 aliphatic carbocycles. The lowest BCUT2D eigenvalue weighted by molar-refractivity contribution is -0.132. The molecule has 1 atom stereocenters. The zero-order chi connectivity index (χ0) is 23.4. The summed E-state index contributed by atoms with van der Waals surface area (Å²) in [6.07, 6.45) is 1.80. The van der Waals surface area contributed by atoms with Crippen molar-refractivity contribution in [3.63, 3.8) is 0 Å². The third-order valence-electron chi connectivity index (χ3n) is 5.52. The van der Waals surface area contributed by atoms with Crippen LogP contribution >= 0.6 is 22.9 Å². The van der Waals surface area contributed by atoms with E-state index in [1.165, 1.54) is 22.9 Å². The van der Waals surface area contributed by atoms with Crippen LogP contribution in [-0.4, -0.2) is 52.7 Å². The minimum Gasteiger partial charge on any atom is -0.365 e. The maximum Gasteiger partial charge on any atom is 0.292 e. The molecule has 1 aliphatic heterocycles. The average Bonchev–Trinajstić information content (AvgIpc) is 3.36. The van der Waals surface area contributed by atoms with E-state index in [9.17, 15) is 14.4 Å². The van der Waals surface area contributed by atoms with Crippen LogP contribution in [0.3, 0.4) is 0 Å². The van der Waals surface area contributed by atoms with Crippen LogP contribution in [0.15, 0.2) is 58.8 Å². The van der Waals surface area contributed by atoms with E-state index in [1.807, 2.05) is 40.6 Å². The van der Waals surface area contributed by atoms with Gasteiger partial charge in [0.2, 0.25) is 11.8 Å². The van der Waals surface area contributed by atoms with Gasteiger partial charge < -0.3 is 15.1 Å². The topological polar surface area (TPSA) is 87.5 Å². The Labute approximate surface area is 200 Å². The van der Waals surface area contributed by atoms with Crippen molar-refractivity contribution in [1.29, 1.82) is 0 Å². The van der Waals surface area contributed by atoms with E-state index in [1.54, 1.807) is 23.2 Å². The van der Waals surface area contributed by atoms with Gasteiger partial charge in [0, 0.05) is 38.0 Å². The molecular formula is C23H24ClN5O3S. The number of amides is 2. The van der Waals surface area contributed by atoms with Crippen molar-refractivity contribution in [3.05, 3.63) is 74.3 Å². The molecule has 0 radical (unpaired) electrons. The maximum absolute atomic E-state index is 12.9. The second-order valence-electron chi connectivity index (χ2n) is 7.74. The fourth-order valence-electron chi connectivity index (χ4n) is 3.86. The summed E-state index contributed by atoms with van der Waals surface area (Å²) >= 11 is 7.94. The fourth-order valence-corrected chi connectivity index (χ4v) is 4.88. The molecule has 1 aromatic carbocycles. The van der Waals surface area contributed by atoms with Crippen molar-refractivity contribution in [2.75, 3.05) is 31.1 Å². The molecule has 1 fully saturated rings. The van der Waals surface area contributed by atoms with Crippen LogP contribution in [0, 0.1) is 0 Å². The van der Waals surface area contributed by atoms with Crippen molar-refractivity contribution >= 4 is 40.4 Å². The van der Waals surface area contributed by atoms with Gasteiger partial charge in [-0.05, 0) is 23.6 Å². The molecule has 33 heavy (non-hydrogen) atoms. The highest BCUT2D eigenvalue weighted by Crippen LogP contribution is 2.25. The molecule has 4 rings (SSSR count). The Morgan fingerprint density at radius 1 is 1.12 bits per heavy atom. The van der Waals surface area contributed by atoms with Gasteiger partial charge in [0.1, 0.15) is 5.02 Å². The van der Waals surface area contributed by atoms with E-state index in [0.29, 0.717) is 37.6 Å². The van der Waals surface area contributed by atoms with Gasteiger partial charge in [0.15, 0.2) is 0 Å². The standard InChI is InChI=1S/C23H24ClN5O3S/c1-16(30)26-18(20-8-5-13-33-20)14-21(31)28-11-9-27(10-12-28)19-15-25-29(23(32)22(19)24)17-6-3-2-4-7-17/h2-8,13,15,18H,9-12,14H2,1H3,(H,26,30). The number of aromatic nitrogens is 2. The first-order chi connectivity index (χ1) is 15.9. The Hall–Kier alpha value is -3.17. The largest absolute Gasteiger partial charge is 0.365 e. The minimum atomic E-state index is -0.382. The second-order valence-corrected chi connectivity index (χ2v) is 9.09. The molecular weight excluding hydrogens is 462 g/mol. The number of hydrogen-bond acceptors (Lipinski definition) is 6. The molecule has 2 amide bonds. The molecule has 2 aromatic heterocycles. The summed E-state index contributed by atoms with van der Waals surface area (Å²) in [5.41, 5.74) is 0.828. The zero-order valence-electron chi connectivity index (χ0n) is 18.1. The molecule has 0 bridgehead atoms. The van der Waals surface area contributed by atoms with Crippen LogP contribution in [0.5, 0.6) is 0 Å². The highest BCUT2D eigenvalue weighted by atomic mass is 35.5. The first kappa shape index (κ1) is 23.0. The van der Waals surface area contributed by atoms with Crippen LogP contribution in [0.25, 0.3) is 5.69 Å². The molecule has 10 heteroatoms. The van der Waals surface area contributed by atoms with E-state index < -0.39 is 0 Å². The number of rotatable bonds is 6. The normalized spacial score (nSPS) is 14.7. The smallest absolute Gasteiger partial charge is 0.292 e. The lowest BCUT2D eigenvalue weighted by Crippen LogP contribution is -2.50. The van der Waals surface area contributed by atoms with E-state index in [4.69, 9.17) is 11.6 Å². The molecule has 3 heterocycles. The van der Waals surface area contributed by atoms with Crippen LogP contribution in [0.1, 0.15) is 24.3 Å². The zero-order valence-corrected chi connectivity index (χ0v) is 19.7. The van der Waals surface area contributed by atoms with Crippen molar-refractivity contribution < 1.29 is 9.59 Å². The van der Waals surface area contributed by atoms with E-state index >= 15 is 0 Å². The molecule has 0 saturated carbocycles. The molecule has 3 aromatic rings. The molecule has 1 unspecified atom stereocenters. The van der Waals surface area contributed by atoms with Crippen LogP contribution in [0.2, 0.25) is 5.02 Å². The number of benzene rings is 1. The Morgan fingerprint density at radius 2 is 1.85 bits per heavy atom. The predicted octanol–water partition coefficient (Wildman–Crippen LogP) is 2.86. The van der Waals surface area contributed by atoms with E-state index in [-0.39, 0.29) is 34.9 Å². The van der Waals surface area contributed by atoms with Gasteiger partial charge in [-0.25, -0.2) is 0 Å². The highest BCUT2D eigenvalue weighted by molar-refractivity contribution is 7.10. The quantitative estimate of drug-likeness (QED) is 0.580. The number of hydrogen-bond donors (Lipinski definition) is 1. The first-order valence-electron chi connectivity index (χ1n) is 10.6. The summed E-state index contributed by atoms with van der Waals surface area (Å²) < 4.78 is 1.28. The molecule has 1 aliphatic rings. The Kier molecular flexibility index (Phi) is 7.10. The number of nitrogens with zero attached hydrogens (tertiary/aromatic N) is 4. The van der Waals surface area contributed by atoms with Crippen molar-refractivity contribution in [2.24, 2.45) is 0 Å². The number of carbonyl (C=O) groups is 2. The number of thiophene rings is 1. The fraction of sp³-hybridized carbons (Fsp3) is 0.304. The van der Waals surface area contributed by atoms with Crippen molar-refractivity contribution in [1.82, 2.24) is 20.0 Å². The van der Waals surface area contributed by atoms with Gasteiger partial charge in [0.05, 0.1) is 30.0 Å². The molecule has 0 spiro atoms. The van der Waals surface area contributed by atoms with Crippen molar-refractivity contribution in [3.8, 4) is 5.69 Å². The average molecular weight is 486 g/mol. The SMILES string of the molecule is CC(=O)NC(CC(=O)N1CCN(c2cnn(-c3ccccc3)c(=O)c2Cl)CC1)c1cccs1. The van der Waals surface area contributed by atoms with Gasteiger partial charge in [-0.1, -0.05) is 35.9 Å². The molecule has 1 saturated heterocycles. The third-order valence-corrected chi connectivity index (χ3v) is 6.86. The number of anilines is 1. The maximum atomic E-state index is 12.9. The van der Waals surface area contributed by atoms with Gasteiger partial charge in [-0.2, -0.15) is 9.78 Å². The number of piperazine rings is 1. The van der Waals surface area contributed by atoms with Gasteiger partial charge in [0.25, 0.3) is 5.56 Å². The second kappa shape index (κ2) is 10.2. The monoisotopic (exact) mass is 485 g/mol. The van der Waals surface area contributed by atoms with Gasteiger partial charge in [-0.3, -0.25) is 14.4 Å². The first-order valence-corrected chi connectivity index (χ1v) is 11.9. The summed E-state index contributed by atoms with van der Waals surface area (Å²) in [4.78, 5) is 42.0. The summed E-state index contributed by atoms with van der Waals surface area (Å²) in [5.74, 6) is -0.191. The van der Waals surface area contributed by atoms with Crippen molar-refractivity contribution in [2.45, 2.75) is 19.4 Å². The molecule has 8 nitrogen and oxygen atoms in total. The number of halogens is 1.